The molecule has 0 heterocycles. The maximum Gasteiger partial charge on any atom is 0.249 e. The zero-order valence-corrected chi connectivity index (χ0v) is 21.1. The Balaban J connectivity index is 3.91. The highest BCUT2D eigenvalue weighted by Crippen LogP contribution is 2.12. The number of carbonyl (C=O) groups is 1. The number of rotatable bonds is 23. The Kier molecular flexibility index (Phi) is 22.6. The van der Waals surface area contributed by atoms with Crippen molar-refractivity contribution in [1.82, 2.24) is 5.32 Å². The fraction of sp³-hybridized carbons (Fsp3) is 0.889. The van der Waals surface area contributed by atoms with Gasteiger partial charge in [0, 0.05) is 0 Å². The van der Waals surface area contributed by atoms with Crippen molar-refractivity contribution in [3.05, 3.63) is 12.2 Å². The van der Waals surface area contributed by atoms with Crippen molar-refractivity contribution >= 4 is 5.91 Å². The summed E-state index contributed by atoms with van der Waals surface area (Å²) in [4.78, 5) is 12.2. The van der Waals surface area contributed by atoms with Crippen LogP contribution >= 0.6 is 0 Å². The van der Waals surface area contributed by atoms with E-state index in [0.717, 1.165) is 32.1 Å². The first kappa shape index (κ1) is 31.1. The third kappa shape index (κ3) is 18.6. The molecule has 0 aliphatic heterocycles. The van der Waals surface area contributed by atoms with Gasteiger partial charge in [0.25, 0.3) is 0 Å². The Morgan fingerprint density at radius 1 is 0.750 bits per heavy atom. The number of hydrogen-bond donors (Lipinski definition) is 4. The zero-order valence-electron chi connectivity index (χ0n) is 21.1. The Morgan fingerprint density at radius 2 is 1.22 bits per heavy atom. The second kappa shape index (κ2) is 23.3. The van der Waals surface area contributed by atoms with Crippen molar-refractivity contribution in [3.63, 3.8) is 0 Å². The first-order chi connectivity index (χ1) is 15.6. The van der Waals surface area contributed by atoms with E-state index in [4.69, 9.17) is 0 Å². The lowest BCUT2D eigenvalue weighted by Crippen LogP contribution is -2.48. The van der Waals surface area contributed by atoms with Gasteiger partial charge in [0.2, 0.25) is 5.91 Å². The summed E-state index contributed by atoms with van der Waals surface area (Å²) < 4.78 is 0. The number of aliphatic hydroxyl groups excluding tert-OH is 3. The molecule has 0 aromatic carbocycles. The van der Waals surface area contributed by atoms with E-state index in [2.05, 4.69) is 19.2 Å². The fourth-order valence-electron chi connectivity index (χ4n) is 3.89. The van der Waals surface area contributed by atoms with Crippen LogP contribution in [-0.2, 0) is 4.79 Å². The summed E-state index contributed by atoms with van der Waals surface area (Å²) in [7, 11) is 0. The Bertz CT molecular complexity index is 441. The van der Waals surface area contributed by atoms with Crippen molar-refractivity contribution < 1.29 is 20.1 Å². The highest BCUT2D eigenvalue weighted by molar-refractivity contribution is 5.80. The van der Waals surface area contributed by atoms with Gasteiger partial charge in [0.1, 0.15) is 6.10 Å². The van der Waals surface area contributed by atoms with Crippen molar-refractivity contribution in [1.29, 1.82) is 0 Å². The second-order valence-corrected chi connectivity index (χ2v) is 9.26. The molecule has 3 atom stereocenters. The van der Waals surface area contributed by atoms with Crippen LogP contribution in [0.3, 0.4) is 0 Å². The Morgan fingerprint density at radius 3 is 1.72 bits per heavy atom. The van der Waals surface area contributed by atoms with Gasteiger partial charge in [-0.15, -0.1) is 0 Å². The topological polar surface area (TPSA) is 89.8 Å². The number of carbonyl (C=O) groups excluding carboxylic acids is 1. The minimum Gasteiger partial charge on any atom is -0.394 e. The minimum absolute atomic E-state index is 0.362. The first-order valence-corrected chi connectivity index (χ1v) is 13.5. The molecule has 0 saturated heterocycles. The summed E-state index contributed by atoms with van der Waals surface area (Å²) in [5, 5.41) is 32.5. The van der Waals surface area contributed by atoms with Crippen LogP contribution in [0, 0.1) is 0 Å². The highest BCUT2D eigenvalue weighted by atomic mass is 16.3. The molecule has 4 N–H and O–H groups in total. The van der Waals surface area contributed by atoms with Gasteiger partial charge >= 0.3 is 0 Å². The predicted molar refractivity (Wildman–Crippen MR) is 135 cm³/mol. The third-order valence-electron chi connectivity index (χ3n) is 6.13. The molecule has 5 nitrogen and oxygen atoms in total. The standard InChI is InChI=1S/C27H53NO4/c1-3-5-7-9-11-13-15-17-19-21-25(30)24(23-29)28-27(32)26(31)22-20-18-16-14-12-10-8-6-4-2/h19,21,24-26,29-31H,3-18,20,22-23H2,1-2H3,(H,28,32)/b21-19+. The number of unbranched alkanes of at least 4 members (excludes halogenated alkanes) is 15. The van der Waals surface area contributed by atoms with E-state index in [1.165, 1.54) is 77.0 Å². The van der Waals surface area contributed by atoms with Crippen molar-refractivity contribution in [2.24, 2.45) is 0 Å². The summed E-state index contributed by atoms with van der Waals surface area (Å²) in [6.45, 7) is 4.08. The smallest absolute Gasteiger partial charge is 0.249 e. The van der Waals surface area contributed by atoms with Gasteiger partial charge in [-0.2, -0.15) is 0 Å². The number of amides is 1. The van der Waals surface area contributed by atoms with Gasteiger partial charge < -0.3 is 20.6 Å². The lowest BCUT2D eigenvalue weighted by molar-refractivity contribution is -0.131. The van der Waals surface area contributed by atoms with Crippen LogP contribution in [0.15, 0.2) is 12.2 Å². The zero-order chi connectivity index (χ0) is 23.9. The van der Waals surface area contributed by atoms with Crippen molar-refractivity contribution in [3.8, 4) is 0 Å². The normalized spacial score (nSPS) is 14.5. The van der Waals surface area contributed by atoms with E-state index in [1.807, 2.05) is 6.08 Å². The van der Waals surface area contributed by atoms with Crippen LogP contribution < -0.4 is 5.32 Å². The van der Waals surface area contributed by atoms with Gasteiger partial charge in [-0.25, -0.2) is 0 Å². The van der Waals surface area contributed by atoms with E-state index < -0.39 is 24.2 Å². The van der Waals surface area contributed by atoms with Gasteiger partial charge in [-0.1, -0.05) is 122 Å². The molecular weight excluding hydrogens is 402 g/mol. The summed E-state index contributed by atoms with van der Waals surface area (Å²) in [6.07, 6.45) is 22.2. The Labute approximate surface area is 198 Å². The van der Waals surface area contributed by atoms with Gasteiger partial charge in [0.05, 0.1) is 18.8 Å². The van der Waals surface area contributed by atoms with Crippen molar-refractivity contribution in [2.45, 2.75) is 148 Å². The van der Waals surface area contributed by atoms with Crippen LogP contribution in [-0.4, -0.2) is 46.1 Å². The van der Waals surface area contributed by atoms with E-state index in [1.54, 1.807) is 6.08 Å². The molecule has 0 aliphatic carbocycles. The van der Waals surface area contributed by atoms with Crippen LogP contribution in [0.25, 0.3) is 0 Å². The fourth-order valence-corrected chi connectivity index (χ4v) is 3.89. The maximum atomic E-state index is 12.2. The predicted octanol–water partition coefficient (Wildman–Crippen LogP) is 5.80. The largest absolute Gasteiger partial charge is 0.394 e. The molecule has 0 fully saturated rings. The monoisotopic (exact) mass is 455 g/mol. The van der Waals surface area contributed by atoms with Crippen LogP contribution in [0.4, 0.5) is 0 Å². The molecule has 0 radical (unpaired) electrons. The average Bonchev–Trinajstić information content (AvgIpc) is 2.79. The Hall–Kier alpha value is -0.910. The van der Waals surface area contributed by atoms with E-state index >= 15 is 0 Å². The summed E-state index contributed by atoms with van der Waals surface area (Å²) >= 11 is 0. The van der Waals surface area contributed by atoms with Crippen LogP contribution in [0.2, 0.25) is 0 Å². The molecule has 0 aromatic rings. The minimum atomic E-state index is -1.09. The molecule has 0 aliphatic rings. The molecule has 0 saturated carbocycles. The van der Waals surface area contributed by atoms with Gasteiger partial charge in [-0.05, 0) is 19.3 Å². The quantitative estimate of drug-likeness (QED) is 0.116. The van der Waals surface area contributed by atoms with Crippen molar-refractivity contribution in [2.75, 3.05) is 6.61 Å². The molecule has 5 heteroatoms. The van der Waals surface area contributed by atoms with Gasteiger partial charge in [0.15, 0.2) is 0 Å². The number of aliphatic hydroxyl groups is 3. The second-order valence-electron chi connectivity index (χ2n) is 9.26. The van der Waals surface area contributed by atoms with Gasteiger partial charge in [-0.3, -0.25) is 4.79 Å². The molecule has 32 heavy (non-hydrogen) atoms. The molecule has 3 unspecified atom stereocenters. The molecular formula is C27H53NO4. The molecule has 0 spiro atoms. The van der Waals surface area contributed by atoms with E-state index in [0.29, 0.717) is 6.42 Å². The lowest BCUT2D eigenvalue weighted by atomic mass is 10.0. The first-order valence-electron chi connectivity index (χ1n) is 13.5. The average molecular weight is 456 g/mol. The molecule has 0 bridgehead atoms. The van der Waals surface area contributed by atoms with E-state index in [-0.39, 0.29) is 6.61 Å². The summed E-state index contributed by atoms with van der Waals surface area (Å²) in [5.74, 6) is -0.511. The SMILES string of the molecule is CCCCCCCCC/C=C/C(O)C(CO)NC(=O)C(O)CCCCCCCCCCC. The lowest BCUT2D eigenvalue weighted by Gasteiger charge is -2.21. The third-order valence-corrected chi connectivity index (χ3v) is 6.13. The molecule has 0 aromatic heterocycles. The number of allylic oxidation sites excluding steroid dienone is 1. The van der Waals surface area contributed by atoms with E-state index in [9.17, 15) is 20.1 Å². The maximum absolute atomic E-state index is 12.2. The summed E-state index contributed by atoms with van der Waals surface area (Å²) in [5.41, 5.74) is 0. The highest BCUT2D eigenvalue weighted by Gasteiger charge is 2.22. The summed E-state index contributed by atoms with van der Waals surface area (Å²) in [6, 6.07) is -0.787. The molecule has 190 valence electrons. The molecule has 0 rings (SSSR count). The van der Waals surface area contributed by atoms with Crippen LogP contribution in [0.5, 0.6) is 0 Å². The molecule has 1 amide bonds. The van der Waals surface area contributed by atoms with Crippen LogP contribution in [0.1, 0.15) is 129 Å². The number of nitrogens with one attached hydrogen (secondary N) is 1. The number of hydrogen-bond acceptors (Lipinski definition) is 4.